The van der Waals surface area contributed by atoms with E-state index in [9.17, 15) is 0 Å². The average molecular weight is 386 g/mol. The highest BCUT2D eigenvalue weighted by Gasteiger charge is 2.44. The van der Waals surface area contributed by atoms with Crippen molar-refractivity contribution >= 4 is 34.6 Å². The monoisotopic (exact) mass is 385 g/mol. The summed E-state index contributed by atoms with van der Waals surface area (Å²) in [4.78, 5) is 7.95. The Morgan fingerprint density at radius 3 is 2.85 bits per heavy atom. The van der Waals surface area contributed by atoms with Gasteiger partial charge in [0.05, 0.1) is 23.5 Å². The van der Waals surface area contributed by atoms with Crippen LogP contribution in [0.5, 0.6) is 0 Å². The average Bonchev–Trinajstić information content (AvgIpc) is 3.23. The second kappa shape index (κ2) is 6.40. The van der Waals surface area contributed by atoms with E-state index in [0.717, 1.165) is 18.5 Å². The fraction of sp³-hybridized carbons (Fsp3) is 0.412. The standard InChI is InChI=1S/C17H20ClN9/c1-10-12(18)16-23-15(13(21-2)14(20)27(16)24-10)22-7-3-11-4-8-26(25-11)17(9-19)5-6-17/h4,8H,3,5-7,9,19-20H2,1H3,(H,22,23). The summed E-state index contributed by atoms with van der Waals surface area (Å²) in [5, 5.41) is 12.5. The van der Waals surface area contributed by atoms with Crippen molar-refractivity contribution in [3.05, 3.63) is 40.1 Å². The summed E-state index contributed by atoms with van der Waals surface area (Å²) >= 11 is 6.25. The molecule has 3 heterocycles. The topological polar surface area (TPSA) is 116 Å². The highest BCUT2D eigenvalue weighted by Crippen LogP contribution is 2.41. The lowest BCUT2D eigenvalue weighted by Gasteiger charge is -2.12. The van der Waals surface area contributed by atoms with Crippen LogP contribution in [-0.2, 0) is 12.0 Å². The number of fused-ring (bicyclic) bond motifs is 1. The van der Waals surface area contributed by atoms with Crippen molar-refractivity contribution in [1.29, 1.82) is 0 Å². The summed E-state index contributed by atoms with van der Waals surface area (Å²) in [7, 11) is 0. The number of nitrogens with zero attached hydrogens (tertiary/aromatic N) is 6. The van der Waals surface area contributed by atoms with Crippen LogP contribution in [0.1, 0.15) is 24.2 Å². The Hall–Kier alpha value is -2.83. The van der Waals surface area contributed by atoms with Gasteiger partial charge in [0.15, 0.2) is 5.65 Å². The molecule has 1 saturated carbocycles. The first-order valence-corrected chi connectivity index (χ1v) is 9.07. The van der Waals surface area contributed by atoms with Crippen molar-refractivity contribution in [2.24, 2.45) is 5.73 Å². The van der Waals surface area contributed by atoms with Gasteiger partial charge in [-0.3, -0.25) is 4.68 Å². The van der Waals surface area contributed by atoms with Gasteiger partial charge in [-0.2, -0.15) is 10.2 Å². The molecule has 0 radical (unpaired) electrons. The van der Waals surface area contributed by atoms with Crippen LogP contribution in [0, 0.1) is 13.5 Å². The maximum Gasteiger partial charge on any atom is 0.268 e. The van der Waals surface area contributed by atoms with Gasteiger partial charge in [-0.05, 0) is 25.8 Å². The van der Waals surface area contributed by atoms with Crippen molar-refractivity contribution in [3.63, 3.8) is 0 Å². The maximum atomic E-state index is 7.42. The van der Waals surface area contributed by atoms with E-state index in [-0.39, 0.29) is 17.0 Å². The quantitative estimate of drug-likeness (QED) is 0.559. The molecule has 0 unspecified atom stereocenters. The number of hydrogen-bond donors (Lipinski definition) is 3. The molecule has 140 valence electrons. The van der Waals surface area contributed by atoms with Gasteiger partial charge < -0.3 is 16.8 Å². The van der Waals surface area contributed by atoms with Crippen LogP contribution < -0.4 is 16.8 Å². The molecular formula is C17H20ClN9. The van der Waals surface area contributed by atoms with Gasteiger partial charge in [0.25, 0.3) is 5.69 Å². The molecule has 3 aromatic rings. The van der Waals surface area contributed by atoms with Crippen molar-refractivity contribution in [2.75, 3.05) is 24.1 Å². The highest BCUT2D eigenvalue weighted by atomic mass is 35.5. The Labute approximate surface area is 161 Å². The van der Waals surface area contributed by atoms with E-state index in [1.807, 2.05) is 16.9 Å². The van der Waals surface area contributed by atoms with Gasteiger partial charge in [0.2, 0.25) is 0 Å². The second-order valence-corrected chi connectivity index (χ2v) is 7.18. The van der Waals surface area contributed by atoms with Crippen LogP contribution in [-0.4, -0.2) is 37.5 Å². The minimum atomic E-state index is 0.0145. The molecule has 0 aromatic carbocycles. The number of halogens is 1. The predicted molar refractivity (Wildman–Crippen MR) is 104 cm³/mol. The molecule has 0 atom stereocenters. The molecule has 0 bridgehead atoms. The van der Waals surface area contributed by atoms with Crippen LogP contribution in [0.3, 0.4) is 0 Å². The maximum absolute atomic E-state index is 7.42. The van der Waals surface area contributed by atoms with Crippen molar-refractivity contribution in [3.8, 4) is 0 Å². The number of nitrogen functional groups attached to an aromatic ring is 1. The van der Waals surface area contributed by atoms with Crippen molar-refractivity contribution in [1.82, 2.24) is 24.4 Å². The minimum absolute atomic E-state index is 0.0145. The Morgan fingerprint density at radius 2 is 2.19 bits per heavy atom. The highest BCUT2D eigenvalue weighted by molar-refractivity contribution is 6.34. The van der Waals surface area contributed by atoms with E-state index in [0.29, 0.717) is 41.7 Å². The van der Waals surface area contributed by atoms with E-state index in [1.54, 1.807) is 6.92 Å². The summed E-state index contributed by atoms with van der Waals surface area (Å²) in [6.45, 7) is 10.4. The van der Waals surface area contributed by atoms with Gasteiger partial charge >= 0.3 is 0 Å². The molecular weight excluding hydrogens is 366 g/mol. The van der Waals surface area contributed by atoms with Crippen LogP contribution >= 0.6 is 11.6 Å². The van der Waals surface area contributed by atoms with E-state index >= 15 is 0 Å². The second-order valence-electron chi connectivity index (χ2n) is 6.80. The molecule has 9 nitrogen and oxygen atoms in total. The van der Waals surface area contributed by atoms with Crippen molar-refractivity contribution < 1.29 is 0 Å². The number of aryl methyl sites for hydroxylation is 1. The van der Waals surface area contributed by atoms with Crippen LogP contribution in [0.25, 0.3) is 10.5 Å². The lowest BCUT2D eigenvalue weighted by atomic mass is 10.3. The molecule has 0 saturated heterocycles. The van der Waals surface area contributed by atoms with Crippen molar-refractivity contribution in [2.45, 2.75) is 31.7 Å². The summed E-state index contributed by atoms with van der Waals surface area (Å²) in [5.41, 5.74) is 14.2. The molecule has 3 aromatic heterocycles. The Kier molecular flexibility index (Phi) is 4.17. The summed E-state index contributed by atoms with van der Waals surface area (Å²) in [5.74, 6) is 0.618. The molecule has 0 aliphatic heterocycles. The lowest BCUT2D eigenvalue weighted by molar-refractivity contribution is 0.438. The van der Waals surface area contributed by atoms with Crippen LogP contribution in [0.15, 0.2) is 12.3 Å². The molecule has 27 heavy (non-hydrogen) atoms. The Balaban J connectivity index is 1.52. The summed E-state index contributed by atoms with van der Waals surface area (Å²) in [6, 6.07) is 2.00. The molecule has 1 aliphatic carbocycles. The first-order chi connectivity index (χ1) is 13.0. The normalized spacial score (nSPS) is 15.0. The summed E-state index contributed by atoms with van der Waals surface area (Å²) < 4.78 is 3.38. The number of nitrogens with one attached hydrogen (secondary N) is 1. The third-order valence-corrected chi connectivity index (χ3v) is 5.44. The number of nitrogens with two attached hydrogens (primary N) is 2. The number of rotatable bonds is 6. The fourth-order valence-corrected chi connectivity index (χ4v) is 3.27. The van der Waals surface area contributed by atoms with Gasteiger partial charge in [-0.1, -0.05) is 11.6 Å². The molecule has 10 heteroatoms. The van der Waals surface area contributed by atoms with E-state index in [1.165, 1.54) is 4.52 Å². The zero-order valence-corrected chi connectivity index (χ0v) is 15.7. The SMILES string of the molecule is [C-]#[N+]c1c(NCCc2ccn(C3(CN)CC3)n2)nc2c(Cl)c(C)nn2c1N. The van der Waals surface area contributed by atoms with Crippen LogP contribution in [0.4, 0.5) is 17.3 Å². The predicted octanol–water partition coefficient (Wildman–Crippen LogP) is 2.12. The zero-order valence-electron chi connectivity index (χ0n) is 14.9. The zero-order chi connectivity index (χ0) is 19.2. The number of hydrogen-bond acceptors (Lipinski definition) is 6. The fourth-order valence-electron chi connectivity index (χ4n) is 3.11. The lowest BCUT2D eigenvalue weighted by Crippen LogP contribution is -2.27. The van der Waals surface area contributed by atoms with Gasteiger partial charge in [0.1, 0.15) is 16.7 Å². The smallest absolute Gasteiger partial charge is 0.268 e. The number of aromatic nitrogens is 5. The molecule has 0 amide bonds. The number of anilines is 2. The van der Waals surface area contributed by atoms with Gasteiger partial charge in [-0.15, -0.1) is 0 Å². The molecule has 4 rings (SSSR count). The Bertz CT molecular complexity index is 1050. The minimum Gasteiger partial charge on any atom is -0.392 e. The van der Waals surface area contributed by atoms with Gasteiger partial charge in [-0.25, -0.2) is 14.3 Å². The van der Waals surface area contributed by atoms with E-state index < -0.39 is 0 Å². The first kappa shape index (κ1) is 17.6. The van der Waals surface area contributed by atoms with Gasteiger partial charge in [0, 0.05) is 25.7 Å². The third-order valence-electron chi connectivity index (χ3n) is 5.00. The van der Waals surface area contributed by atoms with Crippen LogP contribution in [0.2, 0.25) is 5.02 Å². The summed E-state index contributed by atoms with van der Waals surface area (Å²) in [6.07, 6.45) is 4.82. The molecule has 5 N–H and O–H groups in total. The third kappa shape index (κ3) is 2.87. The molecule has 1 aliphatic rings. The molecule has 1 fully saturated rings. The van der Waals surface area contributed by atoms with E-state index in [4.69, 9.17) is 29.6 Å². The Morgan fingerprint density at radius 1 is 1.41 bits per heavy atom. The largest absolute Gasteiger partial charge is 0.392 e. The first-order valence-electron chi connectivity index (χ1n) is 8.70. The van der Waals surface area contributed by atoms with E-state index in [2.05, 4.69) is 25.3 Å². The molecule has 0 spiro atoms.